The van der Waals surface area contributed by atoms with Gasteiger partial charge in [0.15, 0.2) is 0 Å². The van der Waals surface area contributed by atoms with Gasteiger partial charge in [0.2, 0.25) is 17.8 Å². The number of hydrogen-bond donors (Lipinski definition) is 2. The number of amides is 1. The first-order valence-corrected chi connectivity index (χ1v) is 7.68. The first-order chi connectivity index (χ1) is 10.1. The third-order valence-corrected chi connectivity index (χ3v) is 3.56. The van der Waals surface area contributed by atoms with E-state index in [-0.39, 0.29) is 17.9 Å². The fourth-order valence-electron chi connectivity index (χ4n) is 1.75. The summed E-state index contributed by atoms with van der Waals surface area (Å²) in [6.45, 7) is 3.43. The zero-order chi connectivity index (χ0) is 15.2. The summed E-state index contributed by atoms with van der Waals surface area (Å²) in [7, 11) is 0. The van der Waals surface area contributed by atoms with Gasteiger partial charge in [0.05, 0.1) is 6.04 Å². The minimum atomic E-state index is -0.215. The number of nitrogens with one attached hydrogen (secondary N) is 2. The van der Waals surface area contributed by atoms with Crippen LogP contribution in [0.1, 0.15) is 25.5 Å². The smallest absolute Gasteiger partial charge is 0.234 e. The Morgan fingerprint density at radius 1 is 1.19 bits per heavy atom. The summed E-state index contributed by atoms with van der Waals surface area (Å²) in [5.74, 6) is 0.452. The molecule has 7 heteroatoms. The summed E-state index contributed by atoms with van der Waals surface area (Å²) in [6, 6.07) is 8.34. The molecule has 6 nitrogen and oxygen atoms in total. The van der Waals surface area contributed by atoms with Crippen molar-refractivity contribution in [3.8, 4) is 0 Å². The van der Waals surface area contributed by atoms with E-state index in [1.807, 2.05) is 13.2 Å². The van der Waals surface area contributed by atoms with Crippen LogP contribution in [0.3, 0.4) is 0 Å². The van der Waals surface area contributed by atoms with Gasteiger partial charge in [-0.1, -0.05) is 12.1 Å². The van der Waals surface area contributed by atoms with E-state index in [1.165, 1.54) is 18.1 Å². The van der Waals surface area contributed by atoms with Crippen LogP contribution in [-0.2, 0) is 4.79 Å². The Kier molecular flexibility index (Phi) is 5.10. The lowest BCUT2D eigenvalue weighted by molar-refractivity contribution is -0.114. The van der Waals surface area contributed by atoms with E-state index < -0.39 is 0 Å². The van der Waals surface area contributed by atoms with Crippen molar-refractivity contribution in [1.29, 1.82) is 0 Å². The average molecular weight is 303 g/mol. The fourth-order valence-corrected chi connectivity index (χ4v) is 2.16. The Hall–Kier alpha value is -2.15. The maximum absolute atomic E-state index is 11.0. The molecule has 0 spiro atoms. The molecule has 21 heavy (non-hydrogen) atoms. The molecule has 0 aliphatic carbocycles. The van der Waals surface area contributed by atoms with Gasteiger partial charge < -0.3 is 5.32 Å². The predicted octanol–water partition coefficient (Wildman–Crippen LogP) is 2.73. The van der Waals surface area contributed by atoms with Gasteiger partial charge in [-0.15, -0.1) is 11.8 Å². The third-order valence-electron chi connectivity index (χ3n) is 2.82. The maximum Gasteiger partial charge on any atom is 0.234 e. The molecule has 0 aliphatic rings. The van der Waals surface area contributed by atoms with E-state index in [9.17, 15) is 4.79 Å². The van der Waals surface area contributed by atoms with Gasteiger partial charge in [-0.05, 0) is 30.9 Å². The highest BCUT2D eigenvalue weighted by atomic mass is 32.2. The lowest BCUT2D eigenvalue weighted by Gasteiger charge is -2.14. The fraction of sp³-hybridized carbons (Fsp3) is 0.286. The van der Waals surface area contributed by atoms with Crippen molar-refractivity contribution < 1.29 is 4.79 Å². The molecular formula is C14H17N5OS. The van der Waals surface area contributed by atoms with Crippen LogP contribution in [0.2, 0.25) is 0 Å². The minimum absolute atomic E-state index is 0.0495. The molecule has 0 saturated heterocycles. The number of hydrogen-bond acceptors (Lipinski definition) is 6. The van der Waals surface area contributed by atoms with Crippen LogP contribution in [0.4, 0.5) is 11.9 Å². The molecule has 0 bridgehead atoms. The summed E-state index contributed by atoms with van der Waals surface area (Å²) >= 11 is 1.71. The molecule has 0 fully saturated rings. The first-order valence-electron chi connectivity index (χ1n) is 6.45. The monoisotopic (exact) mass is 303 g/mol. The zero-order valence-electron chi connectivity index (χ0n) is 12.1. The number of anilines is 2. The molecule has 1 unspecified atom stereocenters. The first kappa shape index (κ1) is 15.2. The van der Waals surface area contributed by atoms with E-state index >= 15 is 0 Å². The van der Waals surface area contributed by atoms with Crippen LogP contribution >= 0.6 is 11.8 Å². The summed E-state index contributed by atoms with van der Waals surface area (Å²) in [5.41, 5.74) is 1.13. The van der Waals surface area contributed by atoms with Gasteiger partial charge in [-0.3, -0.25) is 10.1 Å². The second kappa shape index (κ2) is 7.03. The average Bonchev–Trinajstić information content (AvgIpc) is 2.47. The normalized spacial score (nSPS) is 11.8. The highest BCUT2D eigenvalue weighted by Gasteiger charge is 2.08. The Labute approximate surface area is 127 Å². The van der Waals surface area contributed by atoms with Crippen LogP contribution in [0, 0.1) is 0 Å². The molecule has 110 valence electrons. The molecule has 1 heterocycles. The van der Waals surface area contributed by atoms with E-state index in [1.54, 1.807) is 11.8 Å². The number of carbonyl (C=O) groups is 1. The Morgan fingerprint density at radius 2 is 1.86 bits per heavy atom. The largest absolute Gasteiger partial charge is 0.348 e. The quantitative estimate of drug-likeness (QED) is 0.827. The standard InChI is InChI=1S/C14H17N5OS/c1-9(11-4-6-12(21-3)7-5-11)17-13-15-8-16-14(19-13)18-10(2)20/h4-9H,1-3H3,(H2,15,16,17,18,19,20). The van der Waals surface area contributed by atoms with Crippen molar-refractivity contribution in [2.24, 2.45) is 0 Å². The Morgan fingerprint density at radius 3 is 2.48 bits per heavy atom. The van der Waals surface area contributed by atoms with E-state index in [0.717, 1.165) is 5.56 Å². The molecule has 1 aromatic heterocycles. The number of nitrogens with zero attached hydrogens (tertiary/aromatic N) is 3. The van der Waals surface area contributed by atoms with Crippen LogP contribution in [0.15, 0.2) is 35.5 Å². The van der Waals surface area contributed by atoms with Gasteiger partial charge in [0, 0.05) is 11.8 Å². The molecular weight excluding hydrogens is 286 g/mol. The number of thioether (sulfide) groups is 1. The zero-order valence-corrected chi connectivity index (χ0v) is 12.9. The lowest BCUT2D eigenvalue weighted by Crippen LogP contribution is -2.13. The Balaban J connectivity index is 2.07. The molecule has 0 aliphatic heterocycles. The lowest BCUT2D eigenvalue weighted by atomic mass is 10.1. The van der Waals surface area contributed by atoms with Crippen LogP contribution in [0.5, 0.6) is 0 Å². The van der Waals surface area contributed by atoms with Crippen LogP contribution in [0.25, 0.3) is 0 Å². The molecule has 2 aromatic rings. The number of benzene rings is 1. The van der Waals surface area contributed by atoms with Crippen molar-refractivity contribution in [1.82, 2.24) is 15.0 Å². The predicted molar refractivity (Wildman–Crippen MR) is 84.4 cm³/mol. The van der Waals surface area contributed by atoms with E-state index in [2.05, 4.69) is 49.9 Å². The van der Waals surface area contributed by atoms with Crippen molar-refractivity contribution in [3.63, 3.8) is 0 Å². The maximum atomic E-state index is 11.0. The van der Waals surface area contributed by atoms with E-state index in [4.69, 9.17) is 0 Å². The van der Waals surface area contributed by atoms with Crippen LogP contribution in [-0.4, -0.2) is 27.1 Å². The van der Waals surface area contributed by atoms with Gasteiger partial charge in [-0.2, -0.15) is 4.98 Å². The van der Waals surface area contributed by atoms with Crippen molar-refractivity contribution >= 4 is 29.6 Å². The number of carbonyl (C=O) groups excluding carboxylic acids is 1. The van der Waals surface area contributed by atoms with Crippen molar-refractivity contribution in [2.45, 2.75) is 24.8 Å². The van der Waals surface area contributed by atoms with Gasteiger partial charge in [-0.25, -0.2) is 9.97 Å². The summed E-state index contributed by atoms with van der Waals surface area (Å²) < 4.78 is 0. The summed E-state index contributed by atoms with van der Waals surface area (Å²) in [6.07, 6.45) is 3.41. The van der Waals surface area contributed by atoms with E-state index in [0.29, 0.717) is 5.95 Å². The van der Waals surface area contributed by atoms with Crippen molar-refractivity contribution in [2.75, 3.05) is 16.9 Å². The molecule has 1 amide bonds. The highest BCUT2D eigenvalue weighted by Crippen LogP contribution is 2.21. The third kappa shape index (κ3) is 4.42. The molecule has 2 N–H and O–H groups in total. The summed E-state index contributed by atoms with van der Waals surface area (Å²) in [4.78, 5) is 24.3. The minimum Gasteiger partial charge on any atom is -0.348 e. The SMILES string of the molecule is CSc1ccc(C(C)Nc2ncnc(NC(C)=O)n2)cc1. The molecule has 2 rings (SSSR count). The van der Waals surface area contributed by atoms with Gasteiger partial charge in [0.1, 0.15) is 6.33 Å². The molecule has 1 atom stereocenters. The molecule has 1 aromatic carbocycles. The van der Waals surface area contributed by atoms with Gasteiger partial charge in [0.25, 0.3) is 0 Å². The van der Waals surface area contributed by atoms with Crippen molar-refractivity contribution in [3.05, 3.63) is 36.2 Å². The second-order valence-corrected chi connectivity index (χ2v) is 5.33. The second-order valence-electron chi connectivity index (χ2n) is 4.45. The number of aromatic nitrogens is 3. The van der Waals surface area contributed by atoms with Crippen LogP contribution < -0.4 is 10.6 Å². The van der Waals surface area contributed by atoms with Gasteiger partial charge >= 0.3 is 0 Å². The highest BCUT2D eigenvalue weighted by molar-refractivity contribution is 7.98. The Bertz CT molecular complexity index is 617. The summed E-state index contributed by atoms with van der Waals surface area (Å²) in [5, 5.41) is 5.72. The topological polar surface area (TPSA) is 79.8 Å². The molecule has 0 saturated carbocycles. The number of rotatable bonds is 5. The molecule has 0 radical (unpaired) electrons.